The minimum Gasteiger partial charge on any atom is -0.393 e. The van der Waals surface area contributed by atoms with Gasteiger partial charge in [-0.05, 0) is 6.92 Å². The summed E-state index contributed by atoms with van der Waals surface area (Å²) in [5.74, 6) is -0.530. The van der Waals surface area contributed by atoms with Crippen LogP contribution in [0, 0.1) is 0 Å². The molecule has 0 unspecified atom stereocenters. The predicted molar refractivity (Wildman–Crippen MR) is 47.6 cm³/mol. The number of aliphatic hydroxyl groups excluding tert-OH is 1. The lowest BCUT2D eigenvalue weighted by Crippen LogP contribution is -2.64. The van der Waals surface area contributed by atoms with E-state index in [1.807, 2.05) is 0 Å². The summed E-state index contributed by atoms with van der Waals surface area (Å²) in [4.78, 5) is 12.4. The van der Waals surface area contributed by atoms with Crippen molar-refractivity contribution in [3.8, 4) is 0 Å². The van der Waals surface area contributed by atoms with Crippen molar-refractivity contribution in [2.24, 2.45) is 0 Å². The van der Waals surface area contributed by atoms with Gasteiger partial charge in [-0.25, -0.2) is 4.39 Å². The van der Waals surface area contributed by atoms with Crippen LogP contribution in [0.15, 0.2) is 0 Å². The lowest BCUT2D eigenvalue weighted by Gasteiger charge is -2.44. The third-order valence-electron chi connectivity index (χ3n) is 1.89. The Labute approximate surface area is 85.4 Å². The summed E-state index contributed by atoms with van der Waals surface area (Å²) in [5, 5.41) is 8.57. The second-order valence-corrected chi connectivity index (χ2v) is 5.06. The van der Waals surface area contributed by atoms with Gasteiger partial charge in [0.15, 0.2) is 10.0 Å². The highest BCUT2D eigenvalue weighted by Gasteiger charge is 2.48. The van der Waals surface area contributed by atoms with E-state index in [1.54, 1.807) is 0 Å². The molecule has 3 nitrogen and oxygen atoms in total. The molecule has 0 bridgehead atoms. The molecule has 1 aliphatic heterocycles. The number of likely N-dealkylation sites (tertiary alicyclic amines) is 1. The molecule has 13 heavy (non-hydrogen) atoms. The molecule has 1 saturated heterocycles. The van der Waals surface area contributed by atoms with Gasteiger partial charge in [0, 0.05) is 0 Å². The molecule has 0 aromatic heterocycles. The van der Waals surface area contributed by atoms with E-state index in [0.29, 0.717) is 0 Å². The number of alkyl halides is 3. The summed E-state index contributed by atoms with van der Waals surface area (Å²) in [5.41, 5.74) is -1.67. The van der Waals surface area contributed by atoms with E-state index in [0.717, 1.165) is 0 Å². The second-order valence-electron chi connectivity index (χ2n) is 3.36. The molecule has 76 valence electrons. The average molecular weight is 230 g/mol. The van der Waals surface area contributed by atoms with Crippen LogP contribution in [0.4, 0.5) is 4.39 Å². The Kier molecular flexibility index (Phi) is 2.76. The van der Waals surface area contributed by atoms with Crippen LogP contribution in [0.25, 0.3) is 0 Å². The molecule has 1 aliphatic rings. The summed E-state index contributed by atoms with van der Waals surface area (Å²) < 4.78 is 11.6. The Morgan fingerprint density at radius 1 is 1.69 bits per heavy atom. The molecule has 0 atom stereocenters. The quantitative estimate of drug-likeness (QED) is 0.710. The first-order valence-corrected chi connectivity index (χ1v) is 4.51. The number of halogens is 3. The minimum absolute atomic E-state index is 0.142. The number of carbonyl (C=O) groups excluding carboxylic acids is 1. The highest BCUT2D eigenvalue weighted by molar-refractivity contribution is 6.57. The number of amides is 1. The van der Waals surface area contributed by atoms with Crippen molar-refractivity contribution in [2.45, 2.75) is 16.9 Å². The van der Waals surface area contributed by atoms with Gasteiger partial charge in [0.05, 0.1) is 19.7 Å². The van der Waals surface area contributed by atoms with E-state index in [2.05, 4.69) is 0 Å². The Morgan fingerprint density at radius 3 is 2.46 bits per heavy atom. The zero-order valence-electron chi connectivity index (χ0n) is 7.06. The maximum Gasteiger partial charge on any atom is 0.258 e. The van der Waals surface area contributed by atoms with E-state index < -0.39 is 22.5 Å². The second kappa shape index (κ2) is 3.26. The van der Waals surface area contributed by atoms with Gasteiger partial charge in [0.2, 0.25) is 0 Å². The molecule has 1 amide bonds. The van der Waals surface area contributed by atoms with Crippen molar-refractivity contribution >= 4 is 29.1 Å². The molecule has 1 heterocycles. The molecular formula is C7H10Cl2FNO2. The fourth-order valence-electron chi connectivity index (χ4n) is 1.16. The van der Waals surface area contributed by atoms with Crippen molar-refractivity contribution < 1.29 is 14.3 Å². The number of hydrogen-bond donors (Lipinski definition) is 1. The molecule has 1 fully saturated rings. The van der Waals surface area contributed by atoms with E-state index in [-0.39, 0.29) is 13.1 Å². The van der Waals surface area contributed by atoms with Crippen molar-refractivity contribution in [3.63, 3.8) is 0 Å². The zero-order chi connectivity index (χ0) is 10.3. The van der Waals surface area contributed by atoms with Crippen molar-refractivity contribution in [1.29, 1.82) is 0 Å². The summed E-state index contributed by atoms with van der Waals surface area (Å²) in [6, 6.07) is 0. The van der Waals surface area contributed by atoms with Crippen LogP contribution in [0.5, 0.6) is 0 Å². The number of carbonyl (C=O) groups is 1. The van der Waals surface area contributed by atoms with Gasteiger partial charge in [-0.2, -0.15) is 0 Å². The largest absolute Gasteiger partial charge is 0.393 e. The predicted octanol–water partition coefficient (Wildman–Crippen LogP) is 0.723. The lowest BCUT2D eigenvalue weighted by atomic mass is 9.97. The molecule has 1 rings (SSSR count). The lowest BCUT2D eigenvalue weighted by molar-refractivity contribution is -0.149. The first-order chi connectivity index (χ1) is 5.78. The third kappa shape index (κ3) is 2.24. The maximum absolute atomic E-state index is 13.1. The highest BCUT2D eigenvalue weighted by Crippen LogP contribution is 2.31. The molecule has 6 heteroatoms. The van der Waals surface area contributed by atoms with Gasteiger partial charge in [-0.15, -0.1) is 0 Å². The van der Waals surface area contributed by atoms with Gasteiger partial charge in [-0.1, -0.05) is 23.2 Å². The van der Waals surface area contributed by atoms with Gasteiger partial charge in [-0.3, -0.25) is 4.79 Å². The number of aliphatic hydroxyl groups is 1. The standard InChI is InChI=1S/C7H10Cl2FNO2/c1-6(8,9)5(13)11-2-7(10,3-11)4-12/h12H,2-4H2,1H3. The van der Waals surface area contributed by atoms with Gasteiger partial charge in [0.1, 0.15) is 0 Å². The van der Waals surface area contributed by atoms with Crippen molar-refractivity contribution in [2.75, 3.05) is 19.7 Å². The fourth-order valence-corrected chi connectivity index (χ4v) is 1.40. The fraction of sp³-hybridized carbons (Fsp3) is 0.857. The van der Waals surface area contributed by atoms with Crippen molar-refractivity contribution in [3.05, 3.63) is 0 Å². The smallest absolute Gasteiger partial charge is 0.258 e. The van der Waals surface area contributed by atoms with E-state index in [9.17, 15) is 9.18 Å². The first-order valence-electron chi connectivity index (χ1n) is 3.75. The van der Waals surface area contributed by atoms with Gasteiger partial charge >= 0.3 is 0 Å². The number of rotatable bonds is 2. The van der Waals surface area contributed by atoms with E-state index >= 15 is 0 Å². The Morgan fingerprint density at radius 2 is 2.15 bits per heavy atom. The first kappa shape index (κ1) is 11.0. The molecule has 0 spiro atoms. The number of hydrogen-bond acceptors (Lipinski definition) is 2. The van der Waals surface area contributed by atoms with E-state index in [1.165, 1.54) is 11.8 Å². The minimum atomic E-state index is -1.67. The SMILES string of the molecule is CC(Cl)(Cl)C(=O)N1CC(F)(CO)C1. The molecule has 0 saturated carbocycles. The third-order valence-corrected chi connectivity index (χ3v) is 2.22. The molecular weight excluding hydrogens is 220 g/mol. The normalized spacial score (nSPS) is 21.2. The van der Waals surface area contributed by atoms with Crippen LogP contribution in [-0.4, -0.2) is 45.6 Å². The van der Waals surface area contributed by atoms with Crippen LogP contribution in [-0.2, 0) is 4.79 Å². The highest BCUT2D eigenvalue weighted by atomic mass is 35.5. The van der Waals surface area contributed by atoms with Gasteiger partial charge < -0.3 is 10.0 Å². The summed E-state index contributed by atoms with van der Waals surface area (Å²) >= 11 is 11.0. The topological polar surface area (TPSA) is 40.5 Å². The van der Waals surface area contributed by atoms with Crippen LogP contribution in [0.2, 0.25) is 0 Å². The molecule has 0 aromatic carbocycles. The van der Waals surface area contributed by atoms with Gasteiger partial charge in [0.25, 0.3) is 5.91 Å². The van der Waals surface area contributed by atoms with Crippen LogP contribution >= 0.6 is 23.2 Å². The van der Waals surface area contributed by atoms with E-state index in [4.69, 9.17) is 28.3 Å². The summed E-state index contributed by atoms with van der Waals surface area (Å²) in [6.45, 7) is 0.461. The summed E-state index contributed by atoms with van der Waals surface area (Å²) in [7, 11) is 0. The molecule has 0 aromatic rings. The molecule has 0 aliphatic carbocycles. The maximum atomic E-state index is 13.1. The van der Waals surface area contributed by atoms with Crippen LogP contribution in [0.3, 0.4) is 0 Å². The molecule has 1 N–H and O–H groups in total. The monoisotopic (exact) mass is 229 g/mol. The van der Waals surface area contributed by atoms with Crippen LogP contribution < -0.4 is 0 Å². The molecule has 0 radical (unpaired) electrons. The zero-order valence-corrected chi connectivity index (χ0v) is 8.57. The van der Waals surface area contributed by atoms with Crippen LogP contribution in [0.1, 0.15) is 6.92 Å². The Hall–Kier alpha value is -0.0600. The average Bonchev–Trinajstić information content (AvgIpc) is 1.95. The Bertz CT molecular complexity index is 223. The summed E-state index contributed by atoms with van der Waals surface area (Å²) in [6.07, 6.45) is 0. The van der Waals surface area contributed by atoms with Crippen molar-refractivity contribution in [1.82, 2.24) is 4.90 Å². The number of nitrogens with zero attached hydrogens (tertiary/aromatic N) is 1. The Balaban J connectivity index is 2.49.